The van der Waals surface area contributed by atoms with E-state index in [1.807, 2.05) is 11.8 Å². The lowest BCUT2D eigenvalue weighted by Gasteiger charge is -2.35. The fraction of sp³-hybridized carbons (Fsp3) is 0.579. The van der Waals surface area contributed by atoms with Gasteiger partial charge in [0.05, 0.1) is 0 Å². The molecule has 6 nitrogen and oxygen atoms in total. The van der Waals surface area contributed by atoms with Crippen molar-refractivity contribution in [3.05, 3.63) is 24.3 Å². The molecule has 2 N–H and O–H groups in total. The van der Waals surface area contributed by atoms with Crippen molar-refractivity contribution in [1.29, 1.82) is 0 Å². The Hall–Kier alpha value is -1.94. The Labute approximate surface area is 171 Å². The molecule has 1 atom stereocenters. The third-order valence-corrected chi connectivity index (χ3v) is 6.32. The second-order valence-electron chi connectivity index (χ2n) is 7.23. The minimum atomic E-state index is -4.78. The molecule has 0 unspecified atom stereocenters. The number of thioether (sulfide) groups is 1. The number of amides is 2. The number of hydrogen-bond donors (Lipinski definition) is 2. The van der Waals surface area contributed by atoms with Crippen molar-refractivity contribution in [1.82, 2.24) is 10.2 Å². The van der Waals surface area contributed by atoms with E-state index in [0.717, 1.165) is 38.1 Å². The van der Waals surface area contributed by atoms with Crippen LogP contribution in [0.4, 0.5) is 18.9 Å². The maximum absolute atomic E-state index is 12.1. The van der Waals surface area contributed by atoms with Crippen molar-refractivity contribution >= 4 is 29.3 Å². The topological polar surface area (TPSA) is 70.7 Å². The van der Waals surface area contributed by atoms with Gasteiger partial charge < -0.3 is 15.4 Å². The Morgan fingerprint density at radius 1 is 1.10 bits per heavy atom. The molecule has 0 saturated carbocycles. The molecule has 160 valence electrons. The van der Waals surface area contributed by atoms with Crippen molar-refractivity contribution in [2.75, 3.05) is 36.5 Å². The highest BCUT2D eigenvalue weighted by molar-refractivity contribution is 7.99. The number of anilines is 1. The van der Waals surface area contributed by atoms with Crippen LogP contribution in [-0.4, -0.2) is 60.3 Å². The largest absolute Gasteiger partial charge is 0.573 e. The summed E-state index contributed by atoms with van der Waals surface area (Å²) < 4.78 is 40.2. The summed E-state index contributed by atoms with van der Waals surface area (Å²) in [7, 11) is 0. The minimum absolute atomic E-state index is 0.211. The van der Waals surface area contributed by atoms with E-state index in [9.17, 15) is 22.8 Å². The summed E-state index contributed by atoms with van der Waals surface area (Å²) in [5.41, 5.74) is 0.211. The number of carbonyl (C=O) groups excluding carboxylic acids is 2. The number of piperidine rings is 1. The van der Waals surface area contributed by atoms with Gasteiger partial charge in [0, 0.05) is 24.0 Å². The molecule has 29 heavy (non-hydrogen) atoms. The van der Waals surface area contributed by atoms with E-state index in [2.05, 4.69) is 20.3 Å². The first-order valence-electron chi connectivity index (χ1n) is 9.57. The van der Waals surface area contributed by atoms with Crippen LogP contribution in [0.25, 0.3) is 0 Å². The van der Waals surface area contributed by atoms with Gasteiger partial charge >= 0.3 is 18.2 Å². The van der Waals surface area contributed by atoms with Crippen LogP contribution in [0.5, 0.6) is 5.75 Å². The molecule has 1 aromatic carbocycles. The highest BCUT2D eigenvalue weighted by atomic mass is 32.2. The smallest absolute Gasteiger partial charge is 0.406 e. The molecular formula is C19H24F3N3O3S. The first-order valence-corrected chi connectivity index (χ1v) is 10.7. The molecule has 0 radical (unpaired) electrons. The zero-order valence-electron chi connectivity index (χ0n) is 15.8. The predicted octanol–water partition coefficient (Wildman–Crippen LogP) is 2.86. The molecule has 0 spiro atoms. The molecule has 2 fully saturated rings. The molecule has 2 heterocycles. The van der Waals surface area contributed by atoms with E-state index in [0.29, 0.717) is 18.5 Å². The van der Waals surface area contributed by atoms with Gasteiger partial charge in [-0.1, -0.05) is 0 Å². The van der Waals surface area contributed by atoms with Crippen molar-refractivity contribution in [3.8, 4) is 5.75 Å². The number of likely N-dealkylation sites (tertiary alicyclic amines) is 1. The van der Waals surface area contributed by atoms with Gasteiger partial charge in [0.25, 0.3) is 0 Å². The Kier molecular flexibility index (Phi) is 7.28. The normalized spacial score (nSPS) is 21.0. The Morgan fingerprint density at radius 3 is 2.38 bits per heavy atom. The Morgan fingerprint density at radius 2 is 1.79 bits per heavy atom. The zero-order valence-corrected chi connectivity index (χ0v) is 16.7. The van der Waals surface area contributed by atoms with Crippen LogP contribution in [0.2, 0.25) is 0 Å². The molecule has 0 aromatic heterocycles. The monoisotopic (exact) mass is 431 g/mol. The standard InChI is InChI=1S/C19H24F3N3O3S/c20-19(21,22)28-16-3-1-14(2-4-16)24-18(27)17(26)23-11-13-5-8-25(9-6-13)15-7-10-29-12-15/h1-4,13,15H,5-12H2,(H,23,26)(H,24,27)/t15-/m0/s1. The number of ether oxygens (including phenoxy) is 1. The SMILES string of the molecule is O=C(NCC1CCN([C@H]2CCSC2)CC1)C(=O)Nc1ccc(OC(F)(F)F)cc1. The van der Waals surface area contributed by atoms with E-state index in [4.69, 9.17) is 0 Å². The summed E-state index contributed by atoms with van der Waals surface area (Å²) in [6, 6.07) is 5.29. The summed E-state index contributed by atoms with van der Waals surface area (Å²) >= 11 is 2.00. The number of hydrogen-bond acceptors (Lipinski definition) is 5. The lowest BCUT2D eigenvalue weighted by molar-refractivity contribution is -0.274. The summed E-state index contributed by atoms with van der Waals surface area (Å²) in [5.74, 6) is 0.766. The van der Waals surface area contributed by atoms with Gasteiger partial charge in [-0.05, 0) is 68.3 Å². The number of nitrogens with one attached hydrogen (secondary N) is 2. The van der Waals surface area contributed by atoms with Crippen LogP contribution < -0.4 is 15.4 Å². The van der Waals surface area contributed by atoms with E-state index in [-0.39, 0.29) is 5.69 Å². The van der Waals surface area contributed by atoms with E-state index >= 15 is 0 Å². The highest BCUT2D eigenvalue weighted by Gasteiger charge is 2.31. The zero-order chi connectivity index (χ0) is 20.9. The van der Waals surface area contributed by atoms with Crippen LogP contribution in [0, 0.1) is 5.92 Å². The molecule has 1 aromatic rings. The molecular weight excluding hydrogens is 407 g/mol. The number of carbonyl (C=O) groups is 2. The van der Waals surface area contributed by atoms with Gasteiger partial charge in [0.15, 0.2) is 0 Å². The van der Waals surface area contributed by atoms with E-state index in [1.165, 1.54) is 30.1 Å². The molecule has 2 amide bonds. The molecule has 2 aliphatic heterocycles. The third-order valence-electron chi connectivity index (χ3n) is 5.17. The van der Waals surface area contributed by atoms with Gasteiger partial charge in [-0.3, -0.25) is 14.5 Å². The average molecular weight is 431 g/mol. The first-order chi connectivity index (χ1) is 13.8. The highest BCUT2D eigenvalue weighted by Crippen LogP contribution is 2.27. The predicted molar refractivity (Wildman–Crippen MR) is 105 cm³/mol. The number of alkyl halides is 3. The van der Waals surface area contributed by atoms with Crippen molar-refractivity contribution in [2.45, 2.75) is 31.7 Å². The van der Waals surface area contributed by atoms with Gasteiger partial charge in [-0.2, -0.15) is 11.8 Å². The second-order valence-corrected chi connectivity index (χ2v) is 8.38. The van der Waals surface area contributed by atoms with Crippen molar-refractivity contribution < 1.29 is 27.5 Å². The Balaban J connectivity index is 1.38. The fourth-order valence-corrected chi connectivity index (χ4v) is 4.83. The van der Waals surface area contributed by atoms with Gasteiger partial charge in [0.2, 0.25) is 0 Å². The molecule has 0 bridgehead atoms. The second kappa shape index (κ2) is 9.71. The summed E-state index contributed by atoms with van der Waals surface area (Å²) in [6.45, 7) is 2.48. The van der Waals surface area contributed by atoms with Crippen LogP contribution in [0.3, 0.4) is 0 Å². The molecule has 0 aliphatic carbocycles. The number of halogens is 3. The lowest BCUT2D eigenvalue weighted by Crippen LogP contribution is -2.45. The maximum atomic E-state index is 12.1. The molecule has 2 aliphatic rings. The number of rotatable bonds is 5. The molecule has 3 rings (SSSR count). The summed E-state index contributed by atoms with van der Waals surface area (Å²) in [5, 5.41) is 5.02. The van der Waals surface area contributed by atoms with E-state index < -0.39 is 23.9 Å². The van der Waals surface area contributed by atoms with Crippen LogP contribution in [0.15, 0.2) is 24.3 Å². The van der Waals surface area contributed by atoms with Gasteiger partial charge in [0.1, 0.15) is 5.75 Å². The number of nitrogens with zero attached hydrogens (tertiary/aromatic N) is 1. The van der Waals surface area contributed by atoms with E-state index in [1.54, 1.807) is 0 Å². The molecule has 2 saturated heterocycles. The van der Waals surface area contributed by atoms with Crippen LogP contribution in [-0.2, 0) is 9.59 Å². The van der Waals surface area contributed by atoms with Gasteiger partial charge in [-0.15, -0.1) is 13.2 Å². The first kappa shape index (κ1) is 21.8. The minimum Gasteiger partial charge on any atom is -0.406 e. The fourth-order valence-electron chi connectivity index (χ4n) is 3.58. The number of benzene rings is 1. The average Bonchev–Trinajstić information content (AvgIpc) is 3.21. The maximum Gasteiger partial charge on any atom is 0.573 e. The summed E-state index contributed by atoms with van der Waals surface area (Å²) in [4.78, 5) is 26.5. The Bertz CT molecular complexity index is 701. The van der Waals surface area contributed by atoms with Crippen molar-refractivity contribution in [2.24, 2.45) is 5.92 Å². The molecule has 10 heteroatoms. The quantitative estimate of drug-likeness (QED) is 0.702. The van der Waals surface area contributed by atoms with Crippen LogP contribution >= 0.6 is 11.8 Å². The van der Waals surface area contributed by atoms with Crippen molar-refractivity contribution in [3.63, 3.8) is 0 Å². The van der Waals surface area contributed by atoms with Gasteiger partial charge in [-0.25, -0.2) is 0 Å². The lowest BCUT2D eigenvalue weighted by atomic mass is 9.95. The summed E-state index contributed by atoms with van der Waals surface area (Å²) in [6.07, 6.45) is -1.56. The van der Waals surface area contributed by atoms with Crippen LogP contribution in [0.1, 0.15) is 19.3 Å². The third kappa shape index (κ3) is 6.81.